The number of nitrogens with zero attached hydrogens (tertiary/aromatic N) is 8. The van der Waals surface area contributed by atoms with Crippen LogP contribution in [0, 0.1) is 5.82 Å². The summed E-state index contributed by atoms with van der Waals surface area (Å²) < 4.78 is 74.1. The Morgan fingerprint density at radius 2 is 1.55 bits per heavy atom. The monoisotopic (exact) mass is 1140 g/mol. The first kappa shape index (κ1) is 56.6. The summed E-state index contributed by atoms with van der Waals surface area (Å²) in [6.45, 7) is 5.69. The van der Waals surface area contributed by atoms with Crippen molar-refractivity contribution in [3.8, 4) is 28.5 Å². The number of carbonyl (C=O) groups excluding carboxylic acids is 3. The van der Waals surface area contributed by atoms with Crippen LogP contribution in [0.2, 0.25) is 0 Å². The van der Waals surface area contributed by atoms with Crippen LogP contribution in [0.15, 0.2) is 113 Å². The van der Waals surface area contributed by atoms with E-state index >= 15 is 4.39 Å². The van der Waals surface area contributed by atoms with Gasteiger partial charge in [0.15, 0.2) is 17.2 Å². The molecule has 0 unspecified atom stereocenters. The number of aryl methyl sites for hydroxylation is 2. The third kappa shape index (κ3) is 13.4. The molecule has 4 aromatic carbocycles. The van der Waals surface area contributed by atoms with Crippen molar-refractivity contribution in [2.24, 2.45) is 14.1 Å². The van der Waals surface area contributed by atoms with E-state index in [4.69, 9.17) is 23.9 Å². The maximum atomic E-state index is 15.7. The van der Waals surface area contributed by atoms with Gasteiger partial charge in [0.25, 0.3) is 21.8 Å². The van der Waals surface area contributed by atoms with E-state index in [1.807, 2.05) is 15.5 Å². The first-order chi connectivity index (χ1) is 39.7. The molecule has 8 aromatic rings. The Hall–Kier alpha value is -8.65. The van der Waals surface area contributed by atoms with E-state index < -0.39 is 21.7 Å². The second-order valence-corrected chi connectivity index (χ2v) is 21.7. The largest absolute Gasteiger partial charge is 0.493 e. The zero-order valence-corrected chi connectivity index (χ0v) is 46.5. The predicted molar refractivity (Wildman–Crippen MR) is 304 cm³/mol. The molecule has 82 heavy (non-hydrogen) atoms. The number of aromatic amines is 1. The zero-order valence-electron chi connectivity index (χ0n) is 45.7. The molecule has 0 atom stereocenters. The lowest BCUT2D eigenvalue weighted by Crippen LogP contribution is -2.51. The number of piperazine rings is 1. The second-order valence-electron chi connectivity index (χ2n) is 20.0. The van der Waals surface area contributed by atoms with E-state index in [0.717, 1.165) is 42.6 Å². The van der Waals surface area contributed by atoms with Gasteiger partial charge in [-0.15, -0.1) is 0 Å². The molecule has 1 saturated carbocycles. The van der Waals surface area contributed by atoms with Crippen molar-refractivity contribution in [3.63, 3.8) is 0 Å². The summed E-state index contributed by atoms with van der Waals surface area (Å²) in [5.41, 5.74) is 4.34. The normalized spacial score (nSPS) is 13.8. The predicted octanol–water partition coefficient (Wildman–Crippen LogP) is 6.18. The third-order valence-electron chi connectivity index (χ3n) is 14.1. The molecule has 23 nitrogen and oxygen atoms in total. The van der Waals surface area contributed by atoms with Gasteiger partial charge in [0.2, 0.25) is 5.91 Å². The molecule has 430 valence electrons. The summed E-state index contributed by atoms with van der Waals surface area (Å²) in [5, 5.41) is 15.6. The average Bonchev–Trinajstić information content (AvgIpc) is 4.06. The summed E-state index contributed by atoms with van der Waals surface area (Å²) in [7, 11) is -1.09. The van der Waals surface area contributed by atoms with Gasteiger partial charge in [0.05, 0.1) is 90.7 Å². The van der Waals surface area contributed by atoms with Gasteiger partial charge in [-0.3, -0.25) is 42.6 Å². The van der Waals surface area contributed by atoms with Crippen LogP contribution in [0.4, 0.5) is 21.6 Å². The molecule has 5 heterocycles. The number of imidazole rings is 2. The van der Waals surface area contributed by atoms with Crippen molar-refractivity contribution in [2.75, 3.05) is 88.9 Å². The lowest BCUT2D eigenvalue weighted by molar-refractivity contribution is -0.122. The molecule has 4 aromatic heterocycles. The number of sulfonamides is 1. The Morgan fingerprint density at radius 3 is 2.28 bits per heavy atom. The number of H-pyrrole nitrogens is 1. The minimum Gasteiger partial charge on any atom is -0.493 e. The van der Waals surface area contributed by atoms with E-state index in [2.05, 4.69) is 42.8 Å². The van der Waals surface area contributed by atoms with Gasteiger partial charge in [-0.25, -0.2) is 27.6 Å². The van der Waals surface area contributed by atoms with Gasteiger partial charge in [-0.2, -0.15) is 5.10 Å². The number of amides is 3. The van der Waals surface area contributed by atoms with Crippen LogP contribution >= 0.6 is 0 Å². The summed E-state index contributed by atoms with van der Waals surface area (Å²) >= 11 is 0. The molecule has 25 heteroatoms. The first-order valence-corrected chi connectivity index (χ1v) is 28.6. The molecule has 1 aliphatic carbocycles. The standard InChI is InChI=1S/C57H64FN13O10S/c1-4-5-22-80-41-9-7-10-42(29-41)81-51-31-49-48(67(2)57(75)68(49)3)30-46(51)66-82(76,77)43-11-6-8-38(27-43)55(73)60-17-24-79-26-25-78-23-16-59-52(72)36-69-18-20-70(21-19-69)56(74)39-14-15-45(44(58)28-39)64-53-54-61-34-50(40-32-62-63-33-40)71(54)35-47(65-53)37-12-13-37/h6-11,14-15,27-35,37,66H,4-5,12-13,16-26,36H2,1-3H3,(H,59,72)(H,60,73)(H,62,63)(H,64,65). The van der Waals surface area contributed by atoms with Crippen molar-refractivity contribution >= 4 is 61.6 Å². The highest BCUT2D eigenvalue weighted by molar-refractivity contribution is 7.92. The van der Waals surface area contributed by atoms with Crippen LogP contribution < -0.4 is 35.8 Å². The number of rotatable bonds is 26. The zero-order chi connectivity index (χ0) is 57.3. The van der Waals surface area contributed by atoms with Crippen LogP contribution in [0.25, 0.3) is 27.9 Å². The number of hydrogen-bond acceptors (Lipinski definition) is 15. The highest BCUT2D eigenvalue weighted by Gasteiger charge is 2.29. The van der Waals surface area contributed by atoms with E-state index in [1.54, 1.807) is 74.0 Å². The van der Waals surface area contributed by atoms with Crippen LogP contribution in [0.5, 0.6) is 17.2 Å². The molecule has 1 saturated heterocycles. The maximum Gasteiger partial charge on any atom is 0.328 e. The molecule has 0 bridgehead atoms. The number of anilines is 3. The van der Waals surface area contributed by atoms with Gasteiger partial charge in [-0.1, -0.05) is 25.5 Å². The third-order valence-corrected chi connectivity index (χ3v) is 15.5. The molecular formula is C57H64FN13O10S. The Morgan fingerprint density at radius 1 is 0.805 bits per heavy atom. The van der Waals surface area contributed by atoms with Gasteiger partial charge in [-0.05, 0) is 73.9 Å². The number of ether oxygens (including phenoxy) is 4. The molecule has 0 spiro atoms. The number of aromatic nitrogens is 7. The van der Waals surface area contributed by atoms with Gasteiger partial charge in [0.1, 0.15) is 17.3 Å². The minimum atomic E-state index is -4.29. The molecule has 0 radical (unpaired) electrons. The number of carbonyl (C=O) groups is 3. The fraction of sp³-hybridized carbons (Fsp3) is 0.351. The maximum absolute atomic E-state index is 15.7. The van der Waals surface area contributed by atoms with Crippen molar-refractivity contribution in [1.29, 1.82) is 0 Å². The Labute approximate surface area is 471 Å². The highest BCUT2D eigenvalue weighted by Crippen LogP contribution is 2.41. The molecule has 10 rings (SSSR count). The lowest BCUT2D eigenvalue weighted by Gasteiger charge is -2.34. The first-order valence-electron chi connectivity index (χ1n) is 27.1. The van der Waals surface area contributed by atoms with Crippen LogP contribution in [-0.4, -0.2) is 148 Å². The van der Waals surface area contributed by atoms with Crippen molar-refractivity contribution in [3.05, 3.63) is 137 Å². The Balaban J connectivity index is 0.616. The number of hydrogen-bond donors (Lipinski definition) is 5. The number of halogens is 1. The van der Waals surface area contributed by atoms with E-state index in [9.17, 15) is 27.6 Å². The molecule has 3 amide bonds. The van der Waals surface area contributed by atoms with Crippen molar-refractivity contribution < 1.29 is 46.1 Å². The summed E-state index contributed by atoms with van der Waals surface area (Å²) in [5.74, 6) is 0.255. The number of benzene rings is 4. The van der Waals surface area contributed by atoms with E-state index in [0.29, 0.717) is 72.7 Å². The molecular weight excluding hydrogens is 1080 g/mol. The Kier molecular flexibility index (Phi) is 17.6. The summed E-state index contributed by atoms with van der Waals surface area (Å²) in [6.07, 6.45) is 11.1. The quantitative estimate of drug-likeness (QED) is 0.0379. The van der Waals surface area contributed by atoms with Gasteiger partial charge >= 0.3 is 5.69 Å². The van der Waals surface area contributed by atoms with Crippen LogP contribution in [0.1, 0.15) is 64.9 Å². The molecule has 2 fully saturated rings. The summed E-state index contributed by atoms with van der Waals surface area (Å²) in [4.78, 5) is 65.0. The average molecular weight is 1140 g/mol. The lowest BCUT2D eigenvalue weighted by atomic mass is 10.1. The number of fused-ring (bicyclic) bond motifs is 2. The van der Waals surface area contributed by atoms with Crippen molar-refractivity contribution in [2.45, 2.75) is 43.4 Å². The minimum absolute atomic E-state index is 0.0716. The topological polar surface area (TPSA) is 263 Å². The Bertz CT molecular complexity index is 3780. The second kappa shape index (κ2) is 25.4. The number of nitrogens with one attached hydrogen (secondary N) is 5. The van der Waals surface area contributed by atoms with Crippen molar-refractivity contribution in [1.82, 2.24) is 54.1 Å². The SMILES string of the molecule is CCCCOc1cccc(Oc2cc3c(cc2NS(=O)(=O)c2cccc(C(=O)NCCOCCOCCNC(=O)CN4CCN(C(=O)c5ccc(Nc6nc(C7CC7)cn7c(-c8cn[nH]c8)cnc67)c(F)c5)CC4)c2)n(C)c(=O)n3C)c1. The van der Waals surface area contributed by atoms with Crippen LogP contribution in [-0.2, 0) is 38.4 Å². The van der Waals surface area contributed by atoms with Gasteiger partial charge < -0.3 is 39.8 Å². The molecule has 1 aliphatic heterocycles. The van der Waals surface area contributed by atoms with Crippen LogP contribution in [0.3, 0.4) is 0 Å². The smallest absolute Gasteiger partial charge is 0.328 e. The molecule has 2 aliphatic rings. The van der Waals surface area contributed by atoms with E-state index in [-0.39, 0.29) is 96.7 Å². The fourth-order valence-electron chi connectivity index (χ4n) is 9.41. The fourth-order valence-corrected chi connectivity index (χ4v) is 10.5. The molecule has 5 N–H and O–H groups in total. The summed E-state index contributed by atoms with van der Waals surface area (Å²) in [6, 6.07) is 20.0. The van der Waals surface area contributed by atoms with Gasteiger partial charge in [0, 0.05) is 100 Å². The highest BCUT2D eigenvalue weighted by atomic mass is 32.2. The van der Waals surface area contributed by atoms with E-state index in [1.165, 1.54) is 51.6 Å². The number of unbranched alkanes of at least 4 members (excludes halogenated alkanes) is 1.